The zero-order valence-electron chi connectivity index (χ0n) is 13.8. The minimum absolute atomic E-state index is 0.131. The highest BCUT2D eigenvalue weighted by Crippen LogP contribution is 2.19. The number of halogens is 2. The van der Waals surface area contributed by atoms with Gasteiger partial charge in [0.1, 0.15) is 12.2 Å². The third-order valence-electron chi connectivity index (χ3n) is 3.20. The number of carbonyl (C=O) groups excluding carboxylic acids is 3. The first-order valence-corrected chi connectivity index (χ1v) is 8.08. The number of rotatable bonds is 6. The molecule has 0 atom stereocenters. The highest BCUT2D eigenvalue weighted by Gasteiger charge is 2.12. The molecule has 0 aliphatic heterocycles. The molecule has 8 heteroatoms. The summed E-state index contributed by atoms with van der Waals surface area (Å²) < 4.78 is 17.9. The second-order valence-electron chi connectivity index (χ2n) is 5.20. The third-order valence-corrected chi connectivity index (χ3v) is 3.49. The van der Waals surface area contributed by atoms with E-state index in [1.165, 1.54) is 36.4 Å². The SMILES string of the molecule is CCOC(=O)c1ccc(NC(=O)CC(=O)Nc2ccc(F)c(Cl)c2)cc1. The summed E-state index contributed by atoms with van der Waals surface area (Å²) in [5, 5.41) is 4.86. The molecule has 2 rings (SSSR count). The number of ether oxygens (including phenoxy) is 1. The Balaban J connectivity index is 1.88. The molecular formula is C18H16ClFN2O4. The molecule has 0 aliphatic rings. The van der Waals surface area contributed by atoms with Crippen LogP contribution in [-0.2, 0) is 14.3 Å². The number of benzene rings is 2. The Labute approximate surface area is 154 Å². The van der Waals surface area contributed by atoms with Crippen LogP contribution in [0.3, 0.4) is 0 Å². The Hall–Kier alpha value is -2.93. The molecule has 2 N–H and O–H groups in total. The average Bonchev–Trinajstić information content (AvgIpc) is 2.59. The highest BCUT2D eigenvalue weighted by molar-refractivity contribution is 6.31. The van der Waals surface area contributed by atoms with Gasteiger partial charge in [0.15, 0.2) is 0 Å². The van der Waals surface area contributed by atoms with E-state index in [1.807, 2.05) is 0 Å². The maximum absolute atomic E-state index is 13.1. The van der Waals surface area contributed by atoms with Crippen LogP contribution in [-0.4, -0.2) is 24.4 Å². The molecule has 0 fully saturated rings. The van der Waals surface area contributed by atoms with Crippen LogP contribution >= 0.6 is 11.6 Å². The maximum atomic E-state index is 13.1. The quantitative estimate of drug-likeness (QED) is 0.594. The first kappa shape index (κ1) is 19.4. The van der Waals surface area contributed by atoms with Crippen LogP contribution in [0.4, 0.5) is 15.8 Å². The molecule has 0 saturated carbocycles. The van der Waals surface area contributed by atoms with E-state index in [2.05, 4.69) is 10.6 Å². The number of amides is 2. The lowest BCUT2D eigenvalue weighted by atomic mass is 10.2. The lowest BCUT2D eigenvalue weighted by Crippen LogP contribution is -2.21. The topological polar surface area (TPSA) is 84.5 Å². The Bertz CT molecular complexity index is 824. The van der Waals surface area contributed by atoms with E-state index in [-0.39, 0.29) is 17.3 Å². The fourth-order valence-corrected chi connectivity index (χ4v) is 2.21. The van der Waals surface area contributed by atoms with Crippen LogP contribution in [0.15, 0.2) is 42.5 Å². The molecule has 0 unspecified atom stereocenters. The molecule has 0 aliphatic carbocycles. The monoisotopic (exact) mass is 378 g/mol. The molecule has 2 aromatic carbocycles. The Morgan fingerprint density at radius 3 is 2.15 bits per heavy atom. The summed E-state index contributed by atoms with van der Waals surface area (Å²) in [4.78, 5) is 35.3. The number of hydrogen-bond acceptors (Lipinski definition) is 4. The zero-order chi connectivity index (χ0) is 19.1. The predicted molar refractivity (Wildman–Crippen MR) is 95.7 cm³/mol. The molecule has 2 amide bonds. The predicted octanol–water partition coefficient (Wildman–Crippen LogP) is 3.62. The summed E-state index contributed by atoms with van der Waals surface area (Å²) in [5.41, 5.74) is 1.07. The van der Waals surface area contributed by atoms with Crippen molar-refractivity contribution in [3.05, 3.63) is 58.9 Å². The Morgan fingerprint density at radius 2 is 1.58 bits per heavy atom. The van der Waals surface area contributed by atoms with Crippen molar-refractivity contribution in [3.63, 3.8) is 0 Å². The van der Waals surface area contributed by atoms with Crippen LogP contribution in [0.25, 0.3) is 0 Å². The normalized spacial score (nSPS) is 10.1. The highest BCUT2D eigenvalue weighted by atomic mass is 35.5. The van der Waals surface area contributed by atoms with Gasteiger partial charge in [-0.15, -0.1) is 0 Å². The second kappa shape index (κ2) is 8.96. The van der Waals surface area contributed by atoms with Gasteiger partial charge < -0.3 is 15.4 Å². The smallest absolute Gasteiger partial charge is 0.338 e. The third kappa shape index (κ3) is 5.56. The fraction of sp³-hybridized carbons (Fsp3) is 0.167. The van der Waals surface area contributed by atoms with Crippen LogP contribution in [0, 0.1) is 5.82 Å². The van der Waals surface area contributed by atoms with Gasteiger partial charge in [-0.1, -0.05) is 11.6 Å². The van der Waals surface area contributed by atoms with Gasteiger partial charge in [0.05, 0.1) is 17.2 Å². The van der Waals surface area contributed by atoms with Crippen molar-refractivity contribution in [2.45, 2.75) is 13.3 Å². The number of anilines is 2. The van der Waals surface area contributed by atoms with E-state index in [1.54, 1.807) is 6.92 Å². The molecule has 0 radical (unpaired) electrons. The van der Waals surface area contributed by atoms with Crippen LogP contribution < -0.4 is 10.6 Å². The van der Waals surface area contributed by atoms with E-state index in [0.717, 1.165) is 6.07 Å². The summed E-state index contributed by atoms with van der Waals surface area (Å²) in [5.74, 6) is -2.18. The summed E-state index contributed by atoms with van der Waals surface area (Å²) in [6.45, 7) is 1.98. The largest absolute Gasteiger partial charge is 0.462 e. The van der Waals surface area contributed by atoms with Crippen LogP contribution in [0.1, 0.15) is 23.7 Å². The van der Waals surface area contributed by atoms with Crippen molar-refractivity contribution in [1.82, 2.24) is 0 Å². The molecule has 0 heterocycles. The lowest BCUT2D eigenvalue weighted by molar-refractivity contribution is -0.123. The van der Waals surface area contributed by atoms with Gasteiger partial charge in [-0.05, 0) is 49.4 Å². The van der Waals surface area contributed by atoms with Gasteiger partial charge in [-0.2, -0.15) is 0 Å². The zero-order valence-corrected chi connectivity index (χ0v) is 14.6. The Morgan fingerprint density at radius 1 is 1.00 bits per heavy atom. The average molecular weight is 379 g/mol. The molecular weight excluding hydrogens is 363 g/mol. The van der Waals surface area contributed by atoms with Gasteiger partial charge in [-0.3, -0.25) is 9.59 Å². The molecule has 0 spiro atoms. The number of carbonyl (C=O) groups is 3. The molecule has 26 heavy (non-hydrogen) atoms. The second-order valence-corrected chi connectivity index (χ2v) is 5.61. The van der Waals surface area contributed by atoms with Gasteiger partial charge in [0, 0.05) is 11.4 Å². The first-order chi connectivity index (χ1) is 12.4. The summed E-state index contributed by atoms with van der Waals surface area (Å²) in [6.07, 6.45) is -0.436. The summed E-state index contributed by atoms with van der Waals surface area (Å²) in [6, 6.07) is 9.78. The summed E-state index contributed by atoms with van der Waals surface area (Å²) >= 11 is 5.63. The fourth-order valence-electron chi connectivity index (χ4n) is 2.03. The molecule has 0 bridgehead atoms. The van der Waals surface area contributed by atoms with Crippen LogP contribution in [0.2, 0.25) is 5.02 Å². The van der Waals surface area contributed by atoms with Crippen molar-refractivity contribution in [2.75, 3.05) is 17.2 Å². The number of hydrogen-bond donors (Lipinski definition) is 2. The van der Waals surface area contributed by atoms with Crippen molar-refractivity contribution in [2.24, 2.45) is 0 Å². The van der Waals surface area contributed by atoms with Gasteiger partial charge >= 0.3 is 5.97 Å². The minimum atomic E-state index is -0.603. The molecule has 0 saturated heterocycles. The van der Waals surface area contributed by atoms with E-state index in [0.29, 0.717) is 11.3 Å². The van der Waals surface area contributed by atoms with E-state index in [9.17, 15) is 18.8 Å². The molecule has 0 aromatic heterocycles. The van der Waals surface area contributed by atoms with Crippen molar-refractivity contribution in [1.29, 1.82) is 0 Å². The molecule has 2 aromatic rings. The first-order valence-electron chi connectivity index (χ1n) is 7.71. The minimum Gasteiger partial charge on any atom is -0.462 e. The number of nitrogens with one attached hydrogen (secondary N) is 2. The van der Waals surface area contributed by atoms with Crippen molar-refractivity contribution in [3.8, 4) is 0 Å². The van der Waals surface area contributed by atoms with Gasteiger partial charge in [0.25, 0.3) is 0 Å². The molecule has 136 valence electrons. The van der Waals surface area contributed by atoms with E-state index < -0.39 is 30.0 Å². The maximum Gasteiger partial charge on any atom is 0.338 e. The van der Waals surface area contributed by atoms with Crippen molar-refractivity contribution >= 4 is 40.8 Å². The summed E-state index contributed by atoms with van der Waals surface area (Å²) in [7, 11) is 0. The number of esters is 1. The molecule has 6 nitrogen and oxygen atoms in total. The standard InChI is InChI=1S/C18H16ClFN2O4/c1-2-26-18(25)11-3-5-12(6-4-11)21-16(23)10-17(24)22-13-7-8-15(20)14(19)9-13/h3-9H,2,10H2,1H3,(H,21,23)(H,22,24). The lowest BCUT2D eigenvalue weighted by Gasteiger charge is -2.08. The van der Waals surface area contributed by atoms with E-state index >= 15 is 0 Å². The van der Waals surface area contributed by atoms with E-state index in [4.69, 9.17) is 16.3 Å². The van der Waals surface area contributed by atoms with Gasteiger partial charge in [0.2, 0.25) is 11.8 Å². The van der Waals surface area contributed by atoms with Crippen LogP contribution in [0.5, 0.6) is 0 Å². The van der Waals surface area contributed by atoms with Crippen molar-refractivity contribution < 1.29 is 23.5 Å². The van der Waals surface area contributed by atoms with Gasteiger partial charge in [-0.25, -0.2) is 9.18 Å². The Kier molecular flexibility index (Phi) is 6.68.